The van der Waals surface area contributed by atoms with Crippen LogP contribution in [0, 0.1) is 6.92 Å². The van der Waals surface area contributed by atoms with E-state index < -0.39 is 9.05 Å². The van der Waals surface area contributed by atoms with Gasteiger partial charge in [0.05, 0.1) is 4.90 Å². The van der Waals surface area contributed by atoms with Gasteiger partial charge >= 0.3 is 0 Å². The number of aryl methyl sites for hydroxylation is 1. The van der Waals surface area contributed by atoms with Gasteiger partial charge in [-0.1, -0.05) is 17.7 Å². The van der Waals surface area contributed by atoms with Crippen molar-refractivity contribution in [2.45, 2.75) is 11.8 Å². The van der Waals surface area contributed by atoms with Gasteiger partial charge in [0.15, 0.2) is 0 Å². The quantitative estimate of drug-likeness (QED) is 0.512. The normalized spacial score (nSPS) is 10.5. The Morgan fingerprint density at radius 2 is 1.58 bits per heavy atom. The van der Waals surface area contributed by atoms with Crippen LogP contribution in [0.1, 0.15) is 5.56 Å². The summed E-state index contributed by atoms with van der Waals surface area (Å²) in [5, 5.41) is 0. The Labute approximate surface area is 81.0 Å². The third-order valence-electron chi connectivity index (χ3n) is 1.30. The van der Waals surface area contributed by atoms with Crippen LogP contribution in [0.25, 0.3) is 0 Å². The fraction of sp³-hybridized carbons (Fsp3) is 0.143. The molecule has 5 heteroatoms. The summed E-state index contributed by atoms with van der Waals surface area (Å²) in [5.41, 5.74) is 1.01. The van der Waals surface area contributed by atoms with Gasteiger partial charge in [0.25, 0.3) is 9.05 Å². The average Bonchev–Trinajstić information content (AvgIpc) is 1.86. The van der Waals surface area contributed by atoms with Crippen molar-refractivity contribution in [3.63, 3.8) is 0 Å². The molecule has 0 saturated heterocycles. The van der Waals surface area contributed by atoms with Gasteiger partial charge in [-0.3, -0.25) is 0 Å². The zero-order chi connectivity index (χ0) is 8.48. The van der Waals surface area contributed by atoms with E-state index in [4.69, 9.17) is 10.7 Å². The van der Waals surface area contributed by atoms with Crippen LogP contribution in [0.3, 0.4) is 0 Å². The van der Waals surface area contributed by atoms with Crippen LogP contribution in [0.5, 0.6) is 0 Å². The lowest BCUT2D eigenvalue weighted by Gasteiger charge is -1.94. The summed E-state index contributed by atoms with van der Waals surface area (Å²) in [4.78, 5) is 0.143. The lowest BCUT2D eigenvalue weighted by atomic mass is 10.2. The van der Waals surface area contributed by atoms with E-state index in [9.17, 15) is 8.42 Å². The van der Waals surface area contributed by atoms with Gasteiger partial charge in [0, 0.05) is 10.7 Å². The molecule has 0 unspecified atom stereocenters. The highest BCUT2D eigenvalue weighted by molar-refractivity contribution is 8.13. The highest BCUT2D eigenvalue weighted by Crippen LogP contribution is 2.14. The van der Waals surface area contributed by atoms with E-state index in [1.54, 1.807) is 12.1 Å². The standard InChI is InChI=1S/C7H7ClO2S.H4Si/c1-6-2-4-7(5-3-6)11(8,9)10;/h2-5H,1H3;1H4. The Bertz CT molecular complexity index is 344. The van der Waals surface area contributed by atoms with Crippen molar-refractivity contribution in [1.29, 1.82) is 0 Å². The lowest BCUT2D eigenvalue weighted by Crippen LogP contribution is -1.89. The van der Waals surface area contributed by atoms with Gasteiger partial charge in [-0.05, 0) is 30.0 Å². The second kappa shape index (κ2) is 4.07. The fourth-order valence-electron chi connectivity index (χ4n) is 0.701. The van der Waals surface area contributed by atoms with E-state index in [0.29, 0.717) is 0 Å². The summed E-state index contributed by atoms with van der Waals surface area (Å²) in [7, 11) is 1.54. The fourth-order valence-corrected chi connectivity index (χ4v) is 1.47. The zero-order valence-corrected chi connectivity index (χ0v) is 7.48. The molecule has 0 aliphatic carbocycles. The first kappa shape index (κ1) is 11.7. The van der Waals surface area contributed by atoms with Crippen molar-refractivity contribution in [3.8, 4) is 0 Å². The molecule has 1 aromatic carbocycles. The molecule has 2 nitrogen and oxygen atoms in total. The number of benzene rings is 1. The summed E-state index contributed by atoms with van der Waals surface area (Å²) in [6.07, 6.45) is 0. The SMILES string of the molecule is Cc1ccc(S(=O)(=O)Cl)cc1.[SiH4]. The molecule has 1 rings (SSSR count). The maximum atomic E-state index is 10.7. The molecule has 0 aliphatic rings. The summed E-state index contributed by atoms with van der Waals surface area (Å²) in [5.74, 6) is 0. The molecule has 0 bridgehead atoms. The molecule has 12 heavy (non-hydrogen) atoms. The molecular weight excluding hydrogens is 212 g/mol. The first-order valence-corrected chi connectivity index (χ1v) is 5.32. The first-order chi connectivity index (χ1) is 5.00. The molecule has 0 spiro atoms. The molecule has 0 atom stereocenters. The van der Waals surface area contributed by atoms with E-state index in [2.05, 4.69) is 0 Å². The van der Waals surface area contributed by atoms with E-state index in [0.717, 1.165) is 5.56 Å². The van der Waals surface area contributed by atoms with E-state index in [1.165, 1.54) is 12.1 Å². The van der Waals surface area contributed by atoms with Gasteiger partial charge in [-0.15, -0.1) is 0 Å². The molecule has 0 aliphatic heterocycles. The number of hydrogen-bond donors (Lipinski definition) is 0. The highest BCUT2D eigenvalue weighted by Gasteiger charge is 2.07. The first-order valence-electron chi connectivity index (χ1n) is 3.01. The minimum Gasteiger partial charge on any atom is -0.207 e. The predicted molar refractivity (Wildman–Crippen MR) is 55.6 cm³/mol. The number of halogens is 1. The van der Waals surface area contributed by atoms with Crippen LogP contribution in [0.4, 0.5) is 0 Å². The molecule has 0 amide bonds. The summed E-state index contributed by atoms with van der Waals surface area (Å²) >= 11 is 0. The van der Waals surface area contributed by atoms with Crippen LogP contribution >= 0.6 is 10.7 Å². The van der Waals surface area contributed by atoms with Gasteiger partial charge in [-0.25, -0.2) is 8.42 Å². The zero-order valence-electron chi connectivity index (χ0n) is 5.91. The van der Waals surface area contributed by atoms with Crippen molar-refractivity contribution in [2.75, 3.05) is 0 Å². The smallest absolute Gasteiger partial charge is 0.207 e. The Morgan fingerprint density at radius 3 is 1.92 bits per heavy atom. The monoisotopic (exact) mass is 222 g/mol. The molecule has 68 valence electrons. The number of rotatable bonds is 1. The third kappa shape index (κ3) is 2.96. The van der Waals surface area contributed by atoms with E-state index >= 15 is 0 Å². The minimum absolute atomic E-state index is 0. The third-order valence-corrected chi connectivity index (χ3v) is 2.67. The van der Waals surface area contributed by atoms with Gasteiger partial charge < -0.3 is 0 Å². The van der Waals surface area contributed by atoms with Crippen molar-refractivity contribution in [1.82, 2.24) is 0 Å². The van der Waals surface area contributed by atoms with Crippen molar-refractivity contribution >= 4 is 30.7 Å². The predicted octanol–water partition coefficient (Wildman–Crippen LogP) is 0.471. The van der Waals surface area contributed by atoms with Crippen molar-refractivity contribution in [3.05, 3.63) is 29.8 Å². The second-order valence-electron chi connectivity index (χ2n) is 2.25. The van der Waals surface area contributed by atoms with Crippen LogP contribution in [0.2, 0.25) is 0 Å². The molecule has 0 aromatic heterocycles. The van der Waals surface area contributed by atoms with Crippen molar-refractivity contribution in [2.24, 2.45) is 0 Å². The molecule has 0 saturated carbocycles. The largest absolute Gasteiger partial charge is 0.261 e. The van der Waals surface area contributed by atoms with Gasteiger partial charge in [0.1, 0.15) is 0 Å². The minimum atomic E-state index is -3.55. The van der Waals surface area contributed by atoms with E-state index in [1.807, 2.05) is 6.92 Å². The van der Waals surface area contributed by atoms with Crippen LogP contribution in [-0.2, 0) is 9.05 Å². The van der Waals surface area contributed by atoms with Gasteiger partial charge in [0.2, 0.25) is 0 Å². The Hall–Kier alpha value is -0.323. The molecule has 0 radical (unpaired) electrons. The highest BCUT2D eigenvalue weighted by atomic mass is 35.7. The maximum absolute atomic E-state index is 10.7. The molecule has 0 heterocycles. The van der Waals surface area contributed by atoms with Crippen LogP contribution in [0.15, 0.2) is 29.2 Å². The van der Waals surface area contributed by atoms with E-state index in [-0.39, 0.29) is 15.9 Å². The molecular formula is C7H11ClO2SSi. The molecule has 0 N–H and O–H groups in total. The Kier molecular flexibility index (Phi) is 3.96. The topological polar surface area (TPSA) is 34.1 Å². The van der Waals surface area contributed by atoms with Crippen molar-refractivity contribution < 1.29 is 8.42 Å². The number of hydrogen-bond acceptors (Lipinski definition) is 2. The Morgan fingerprint density at radius 1 is 1.17 bits per heavy atom. The summed E-state index contributed by atoms with van der Waals surface area (Å²) in [6.45, 7) is 1.88. The van der Waals surface area contributed by atoms with Gasteiger partial charge in [-0.2, -0.15) is 0 Å². The van der Waals surface area contributed by atoms with Crippen LogP contribution in [-0.4, -0.2) is 19.4 Å². The second-order valence-corrected chi connectivity index (χ2v) is 4.82. The molecule has 1 aromatic rings. The average molecular weight is 223 g/mol. The maximum Gasteiger partial charge on any atom is 0.261 e. The Balaban J connectivity index is 0.00000121. The summed E-state index contributed by atoms with van der Waals surface area (Å²) < 4.78 is 21.4. The molecule has 0 fully saturated rings. The lowest BCUT2D eigenvalue weighted by molar-refractivity contribution is 0.609. The van der Waals surface area contributed by atoms with Crippen LogP contribution < -0.4 is 0 Å². The summed E-state index contributed by atoms with van der Waals surface area (Å²) in [6, 6.07) is 6.37.